The van der Waals surface area contributed by atoms with Gasteiger partial charge < -0.3 is 10.3 Å². The fraction of sp³-hybridized carbons (Fsp3) is 0.292. The topological polar surface area (TPSA) is 58.0 Å². The third kappa shape index (κ3) is 4.18. The number of nitrogens with one attached hydrogen (secondary N) is 1. The molecule has 3 aromatic rings. The van der Waals surface area contributed by atoms with Crippen molar-refractivity contribution in [3.63, 3.8) is 0 Å². The van der Waals surface area contributed by atoms with Crippen molar-refractivity contribution in [1.29, 1.82) is 5.41 Å². The minimum Gasteiger partial charge on any atom is -0.384 e. The number of nitrogens with two attached hydrogens (primary N) is 1. The van der Waals surface area contributed by atoms with E-state index in [0.717, 1.165) is 37.1 Å². The molecule has 28 heavy (non-hydrogen) atoms. The summed E-state index contributed by atoms with van der Waals surface area (Å²) in [7, 11) is 0. The molecular weight excluding hydrogens is 344 g/mol. The highest BCUT2D eigenvalue weighted by Crippen LogP contribution is 2.29. The number of fused-ring (bicyclic) bond motifs is 3. The van der Waals surface area contributed by atoms with Crippen molar-refractivity contribution in [1.82, 2.24) is 9.47 Å². The fourth-order valence-corrected chi connectivity index (χ4v) is 3.72. The van der Waals surface area contributed by atoms with Crippen molar-refractivity contribution in [3.05, 3.63) is 71.8 Å². The lowest BCUT2D eigenvalue weighted by Gasteiger charge is -2.21. The zero-order valence-corrected chi connectivity index (χ0v) is 17.1. The predicted octanol–water partition coefficient (Wildman–Crippen LogP) is 4.92. The number of nitrogen functional groups attached to an aromatic ring is 1. The minimum atomic E-state index is 0.110. The van der Waals surface area contributed by atoms with Gasteiger partial charge in [-0.25, -0.2) is 0 Å². The van der Waals surface area contributed by atoms with E-state index in [1.165, 1.54) is 22.0 Å². The van der Waals surface area contributed by atoms with Crippen LogP contribution in [-0.2, 0) is 6.54 Å². The van der Waals surface area contributed by atoms with Crippen LogP contribution in [0, 0.1) is 5.41 Å². The van der Waals surface area contributed by atoms with Gasteiger partial charge in [0.25, 0.3) is 0 Å². The molecule has 1 aromatic heterocycles. The molecular formula is C24H30N4. The number of rotatable bonds is 8. The number of hydrogen-bond donors (Lipinski definition) is 2. The molecule has 0 bridgehead atoms. The van der Waals surface area contributed by atoms with Gasteiger partial charge in [0.1, 0.15) is 5.84 Å². The van der Waals surface area contributed by atoms with Crippen LogP contribution in [-0.4, -0.2) is 34.9 Å². The van der Waals surface area contributed by atoms with Gasteiger partial charge in [0.2, 0.25) is 0 Å². The Kier molecular flexibility index (Phi) is 6.32. The van der Waals surface area contributed by atoms with Crippen molar-refractivity contribution < 1.29 is 0 Å². The normalized spacial score (nSPS) is 12.6. The van der Waals surface area contributed by atoms with Crippen LogP contribution < -0.4 is 5.73 Å². The second-order valence-electron chi connectivity index (χ2n) is 7.22. The molecule has 0 aliphatic heterocycles. The zero-order chi connectivity index (χ0) is 20.1. The first-order valence-corrected chi connectivity index (χ1v) is 9.91. The number of amidine groups is 1. The molecule has 0 radical (unpaired) electrons. The summed E-state index contributed by atoms with van der Waals surface area (Å²) < 4.78 is 2.39. The van der Waals surface area contributed by atoms with E-state index < -0.39 is 0 Å². The van der Waals surface area contributed by atoms with E-state index in [4.69, 9.17) is 11.1 Å². The van der Waals surface area contributed by atoms with Gasteiger partial charge in [-0.3, -0.25) is 10.3 Å². The van der Waals surface area contributed by atoms with Crippen LogP contribution in [0.15, 0.2) is 66.3 Å². The Morgan fingerprint density at radius 1 is 1.14 bits per heavy atom. The van der Waals surface area contributed by atoms with Crippen LogP contribution in [0.4, 0.5) is 0 Å². The van der Waals surface area contributed by atoms with Gasteiger partial charge in [-0.15, -0.1) is 0 Å². The summed E-state index contributed by atoms with van der Waals surface area (Å²) in [5.41, 5.74) is 10.3. The molecule has 2 aromatic carbocycles. The van der Waals surface area contributed by atoms with E-state index in [2.05, 4.69) is 71.9 Å². The quantitative estimate of drug-likeness (QED) is 0.334. The standard InChI is InChI=1S/C24H30N4/c1-4-6-9-18(3)17-27(5-2)14-15-28-22-11-8-7-10-20(22)21-16-19(24(25)26)12-13-23(21)28/h4,6-13,16H,5,14-15,17H2,1-3H3,(H3,25,26)/b6-4-,18-9+. The van der Waals surface area contributed by atoms with Gasteiger partial charge in [0, 0.05) is 47.0 Å². The summed E-state index contributed by atoms with van der Waals surface area (Å²) in [6.07, 6.45) is 6.35. The molecule has 3 N–H and O–H groups in total. The molecule has 1 heterocycles. The van der Waals surface area contributed by atoms with Crippen molar-refractivity contribution in [2.24, 2.45) is 5.73 Å². The van der Waals surface area contributed by atoms with Crippen LogP contribution >= 0.6 is 0 Å². The smallest absolute Gasteiger partial charge is 0.122 e. The molecule has 0 aliphatic rings. The summed E-state index contributed by atoms with van der Waals surface area (Å²) in [5, 5.41) is 10.1. The Balaban J connectivity index is 1.92. The first kappa shape index (κ1) is 19.9. The molecule has 0 spiro atoms. The molecule has 0 aliphatic carbocycles. The van der Waals surface area contributed by atoms with E-state index in [9.17, 15) is 0 Å². The largest absolute Gasteiger partial charge is 0.384 e. The molecule has 0 unspecified atom stereocenters. The van der Waals surface area contributed by atoms with Gasteiger partial charge in [-0.2, -0.15) is 0 Å². The van der Waals surface area contributed by atoms with Crippen molar-refractivity contribution in [3.8, 4) is 0 Å². The molecule has 3 rings (SSSR count). The SMILES string of the molecule is C/C=C\C=C(/C)CN(CC)CCn1c2ccccc2c2cc(C(=N)N)ccc21. The van der Waals surface area contributed by atoms with Crippen LogP contribution in [0.3, 0.4) is 0 Å². The van der Waals surface area contributed by atoms with E-state index in [0.29, 0.717) is 0 Å². The summed E-state index contributed by atoms with van der Waals surface area (Å²) in [4.78, 5) is 2.47. The average Bonchev–Trinajstić information content (AvgIpc) is 3.02. The number of aromatic nitrogens is 1. The van der Waals surface area contributed by atoms with Crippen LogP contribution in [0.1, 0.15) is 26.3 Å². The van der Waals surface area contributed by atoms with Crippen molar-refractivity contribution >= 4 is 27.6 Å². The van der Waals surface area contributed by atoms with E-state index in [1.54, 1.807) is 0 Å². The number of hydrogen-bond acceptors (Lipinski definition) is 2. The maximum absolute atomic E-state index is 7.76. The lowest BCUT2D eigenvalue weighted by Crippen LogP contribution is -2.29. The van der Waals surface area contributed by atoms with E-state index in [-0.39, 0.29) is 5.84 Å². The Morgan fingerprint density at radius 3 is 2.61 bits per heavy atom. The Labute approximate surface area is 167 Å². The van der Waals surface area contributed by atoms with Gasteiger partial charge in [0.15, 0.2) is 0 Å². The third-order valence-electron chi connectivity index (χ3n) is 5.22. The molecule has 146 valence electrons. The first-order valence-electron chi connectivity index (χ1n) is 9.91. The van der Waals surface area contributed by atoms with Crippen LogP contribution in [0.25, 0.3) is 21.8 Å². The first-order chi connectivity index (χ1) is 13.5. The highest BCUT2D eigenvalue weighted by atomic mass is 15.1. The Hall–Kier alpha value is -2.85. The maximum atomic E-state index is 7.76. The van der Waals surface area contributed by atoms with Crippen LogP contribution in [0.5, 0.6) is 0 Å². The van der Waals surface area contributed by atoms with Gasteiger partial charge in [0.05, 0.1) is 0 Å². The summed E-state index contributed by atoms with van der Waals surface area (Å²) in [6, 6.07) is 14.6. The fourth-order valence-electron chi connectivity index (χ4n) is 3.72. The molecule has 0 atom stereocenters. The van der Waals surface area contributed by atoms with Crippen LogP contribution in [0.2, 0.25) is 0 Å². The monoisotopic (exact) mass is 374 g/mol. The second kappa shape index (κ2) is 8.89. The molecule has 4 heteroatoms. The number of nitrogens with zero attached hydrogens (tertiary/aromatic N) is 2. The Morgan fingerprint density at radius 2 is 1.89 bits per heavy atom. The van der Waals surface area contributed by atoms with Crippen molar-refractivity contribution in [2.75, 3.05) is 19.6 Å². The number of para-hydroxylation sites is 1. The lowest BCUT2D eigenvalue weighted by atomic mass is 10.1. The Bertz CT molecular complexity index is 1040. The van der Waals surface area contributed by atoms with Gasteiger partial charge in [-0.05, 0) is 44.7 Å². The summed E-state index contributed by atoms with van der Waals surface area (Å²) >= 11 is 0. The highest BCUT2D eigenvalue weighted by molar-refractivity contribution is 6.10. The molecule has 0 amide bonds. The number of allylic oxidation sites excluding steroid dienone is 3. The molecule has 0 fully saturated rings. The second-order valence-corrected chi connectivity index (χ2v) is 7.22. The third-order valence-corrected chi connectivity index (χ3v) is 5.22. The molecule has 0 saturated heterocycles. The van der Waals surface area contributed by atoms with Gasteiger partial charge in [-0.1, -0.05) is 48.9 Å². The van der Waals surface area contributed by atoms with E-state index >= 15 is 0 Å². The predicted molar refractivity (Wildman–Crippen MR) is 121 cm³/mol. The van der Waals surface area contributed by atoms with E-state index in [1.807, 2.05) is 19.1 Å². The lowest BCUT2D eigenvalue weighted by molar-refractivity contribution is 0.301. The minimum absolute atomic E-state index is 0.110. The highest BCUT2D eigenvalue weighted by Gasteiger charge is 2.12. The number of likely N-dealkylation sites (N-methyl/N-ethyl adjacent to an activating group) is 1. The zero-order valence-electron chi connectivity index (χ0n) is 17.1. The average molecular weight is 375 g/mol. The van der Waals surface area contributed by atoms with Gasteiger partial charge >= 0.3 is 0 Å². The number of benzene rings is 2. The molecule has 4 nitrogen and oxygen atoms in total. The maximum Gasteiger partial charge on any atom is 0.122 e. The summed E-state index contributed by atoms with van der Waals surface area (Å²) in [5.74, 6) is 0.110. The van der Waals surface area contributed by atoms with Crippen molar-refractivity contribution in [2.45, 2.75) is 27.3 Å². The summed E-state index contributed by atoms with van der Waals surface area (Å²) in [6.45, 7) is 10.4. The molecule has 0 saturated carbocycles.